The zero-order chi connectivity index (χ0) is 27.8. The van der Waals surface area contributed by atoms with Crippen LogP contribution < -0.4 is 10.5 Å². The summed E-state index contributed by atoms with van der Waals surface area (Å²) in [5.74, 6) is 0.961. The Hall–Kier alpha value is -4.14. The van der Waals surface area contributed by atoms with E-state index in [2.05, 4.69) is 28.1 Å². The number of ether oxygens (including phenoxy) is 1. The number of pyridine rings is 2. The van der Waals surface area contributed by atoms with Crippen LogP contribution in [0.1, 0.15) is 42.9 Å². The number of aliphatic hydroxyl groups excluding tert-OH is 1. The molecule has 0 bridgehead atoms. The van der Waals surface area contributed by atoms with E-state index < -0.39 is 6.10 Å². The topological polar surface area (TPSA) is 93.4 Å². The van der Waals surface area contributed by atoms with Crippen LogP contribution in [0.4, 0.5) is 5.82 Å². The molecular formula is C33H33N5O3. The maximum Gasteiger partial charge on any atom is 0.261 e. The summed E-state index contributed by atoms with van der Waals surface area (Å²) in [7, 11) is 0. The van der Waals surface area contributed by atoms with Gasteiger partial charge >= 0.3 is 0 Å². The highest BCUT2D eigenvalue weighted by Crippen LogP contribution is 2.31. The minimum absolute atomic E-state index is 0.0885. The predicted molar refractivity (Wildman–Crippen MR) is 160 cm³/mol. The second-order valence-electron chi connectivity index (χ2n) is 11.1. The molecule has 4 heterocycles. The molecule has 1 aliphatic heterocycles. The molecule has 7 rings (SSSR count). The number of nitrogens with zero attached hydrogens (tertiary/aromatic N) is 5. The smallest absolute Gasteiger partial charge is 0.261 e. The van der Waals surface area contributed by atoms with E-state index in [0.717, 1.165) is 91.0 Å². The number of aliphatic hydroxyl groups is 1. The number of morpholine rings is 1. The van der Waals surface area contributed by atoms with Crippen molar-refractivity contribution in [3.05, 3.63) is 94.8 Å². The van der Waals surface area contributed by atoms with Crippen molar-refractivity contribution in [2.24, 2.45) is 0 Å². The van der Waals surface area contributed by atoms with Gasteiger partial charge in [-0.25, -0.2) is 9.97 Å². The quantitative estimate of drug-likeness (QED) is 0.313. The standard InChI is InChI=1S/C33H33N5O3/c39-30-8-4-3-7-29(30)38-21-36-32-26-6-2-1-5-25(26)24(18-27(32)33(38)40)17-22-9-11-28(34-19-22)23-10-12-31(35-20-23)37-13-15-41-16-14-37/h1-2,5-6,9-12,18-21,29-30,39H,3-4,7-8,13-17H2/t29-,30-/m0/s1. The molecule has 1 N–H and O–H groups in total. The maximum atomic E-state index is 13.7. The van der Waals surface area contributed by atoms with Gasteiger partial charge in [-0.3, -0.25) is 14.3 Å². The van der Waals surface area contributed by atoms with Crippen LogP contribution in [0, 0.1) is 0 Å². The Morgan fingerprint density at radius 2 is 1.71 bits per heavy atom. The number of hydrogen-bond acceptors (Lipinski definition) is 7. The number of rotatable bonds is 5. The number of hydrogen-bond donors (Lipinski definition) is 1. The van der Waals surface area contributed by atoms with Gasteiger partial charge in [-0.1, -0.05) is 43.2 Å². The molecule has 208 valence electrons. The molecule has 0 amide bonds. The first kappa shape index (κ1) is 25.8. The van der Waals surface area contributed by atoms with Gasteiger partial charge in [0.2, 0.25) is 0 Å². The van der Waals surface area contributed by atoms with Crippen LogP contribution in [-0.2, 0) is 11.2 Å². The van der Waals surface area contributed by atoms with Gasteiger partial charge in [-0.15, -0.1) is 0 Å². The Morgan fingerprint density at radius 3 is 2.46 bits per heavy atom. The summed E-state index contributed by atoms with van der Waals surface area (Å²) in [6.45, 7) is 3.18. The molecule has 2 aliphatic rings. The fourth-order valence-electron chi connectivity index (χ4n) is 6.28. The van der Waals surface area contributed by atoms with Crippen molar-refractivity contribution in [2.75, 3.05) is 31.2 Å². The highest BCUT2D eigenvalue weighted by atomic mass is 16.5. The van der Waals surface area contributed by atoms with E-state index in [0.29, 0.717) is 17.3 Å². The first-order valence-corrected chi connectivity index (χ1v) is 14.5. The molecule has 41 heavy (non-hydrogen) atoms. The second kappa shape index (κ2) is 11.0. The molecule has 5 aromatic rings. The van der Waals surface area contributed by atoms with E-state index in [-0.39, 0.29) is 11.6 Å². The molecule has 0 spiro atoms. The van der Waals surface area contributed by atoms with E-state index in [4.69, 9.17) is 14.7 Å². The molecule has 2 fully saturated rings. The van der Waals surface area contributed by atoms with Crippen molar-refractivity contribution >= 4 is 27.5 Å². The van der Waals surface area contributed by atoms with Crippen molar-refractivity contribution in [2.45, 2.75) is 44.2 Å². The molecule has 8 nitrogen and oxygen atoms in total. The lowest BCUT2D eigenvalue weighted by Crippen LogP contribution is -2.36. The van der Waals surface area contributed by atoms with Crippen molar-refractivity contribution in [1.29, 1.82) is 0 Å². The second-order valence-corrected chi connectivity index (χ2v) is 11.1. The summed E-state index contributed by atoms with van der Waals surface area (Å²) in [6.07, 6.45) is 9.04. The minimum atomic E-state index is -0.518. The van der Waals surface area contributed by atoms with Gasteiger partial charge in [0, 0.05) is 36.4 Å². The van der Waals surface area contributed by atoms with E-state index >= 15 is 0 Å². The fraction of sp³-hybridized carbons (Fsp3) is 0.333. The Kier molecular flexibility index (Phi) is 6.94. The van der Waals surface area contributed by atoms with Crippen LogP contribution >= 0.6 is 0 Å². The molecular weight excluding hydrogens is 514 g/mol. The SMILES string of the molecule is O=c1c2cc(Cc3ccc(-c4ccc(N5CCOCC5)nc4)nc3)c3ccccc3c2ncn1[C@H]1CCCC[C@@H]1O. The van der Waals surface area contributed by atoms with Crippen molar-refractivity contribution < 1.29 is 9.84 Å². The highest BCUT2D eigenvalue weighted by molar-refractivity contribution is 6.06. The predicted octanol–water partition coefficient (Wildman–Crippen LogP) is 4.91. The van der Waals surface area contributed by atoms with E-state index in [9.17, 15) is 9.90 Å². The summed E-state index contributed by atoms with van der Waals surface area (Å²) >= 11 is 0. The summed E-state index contributed by atoms with van der Waals surface area (Å²) < 4.78 is 7.10. The maximum absolute atomic E-state index is 13.7. The first-order valence-electron chi connectivity index (χ1n) is 14.5. The Bertz CT molecular complexity index is 1740. The van der Waals surface area contributed by atoms with Crippen LogP contribution in [0.15, 0.2) is 78.1 Å². The van der Waals surface area contributed by atoms with Crippen LogP contribution in [0.25, 0.3) is 32.9 Å². The van der Waals surface area contributed by atoms with Gasteiger partial charge in [0.15, 0.2) is 0 Å². The van der Waals surface area contributed by atoms with Crippen molar-refractivity contribution in [1.82, 2.24) is 19.5 Å². The highest BCUT2D eigenvalue weighted by Gasteiger charge is 2.26. The Labute approximate surface area is 238 Å². The average molecular weight is 548 g/mol. The Balaban J connectivity index is 1.19. The summed E-state index contributed by atoms with van der Waals surface area (Å²) in [6, 6.07) is 18.1. The molecule has 1 aliphatic carbocycles. The zero-order valence-electron chi connectivity index (χ0n) is 22.9. The molecule has 2 aromatic carbocycles. The number of anilines is 1. The normalized spacial score (nSPS) is 19.6. The Morgan fingerprint density at radius 1 is 0.878 bits per heavy atom. The van der Waals surface area contributed by atoms with Crippen LogP contribution in [-0.4, -0.2) is 57.0 Å². The fourth-order valence-corrected chi connectivity index (χ4v) is 6.28. The molecule has 8 heteroatoms. The van der Waals surface area contributed by atoms with Crippen molar-refractivity contribution in [3.8, 4) is 11.3 Å². The van der Waals surface area contributed by atoms with Gasteiger partial charge < -0.3 is 14.7 Å². The lowest BCUT2D eigenvalue weighted by Gasteiger charge is -2.29. The van der Waals surface area contributed by atoms with E-state index in [1.165, 1.54) is 0 Å². The number of fused-ring (bicyclic) bond motifs is 3. The first-order chi connectivity index (χ1) is 20.2. The van der Waals surface area contributed by atoms with Gasteiger partial charge in [0.1, 0.15) is 5.82 Å². The van der Waals surface area contributed by atoms with Gasteiger partial charge in [-0.05, 0) is 60.0 Å². The van der Waals surface area contributed by atoms with Gasteiger partial charge in [-0.2, -0.15) is 0 Å². The van der Waals surface area contributed by atoms with E-state index in [1.807, 2.05) is 48.8 Å². The van der Waals surface area contributed by atoms with Gasteiger partial charge in [0.25, 0.3) is 5.56 Å². The van der Waals surface area contributed by atoms with Crippen molar-refractivity contribution in [3.63, 3.8) is 0 Å². The summed E-state index contributed by atoms with van der Waals surface area (Å²) in [5, 5.41) is 13.2. The lowest BCUT2D eigenvalue weighted by atomic mass is 9.92. The summed E-state index contributed by atoms with van der Waals surface area (Å²) in [4.78, 5) is 30.1. The molecule has 0 unspecified atom stereocenters. The average Bonchev–Trinajstić information content (AvgIpc) is 3.03. The van der Waals surface area contributed by atoms with Crippen LogP contribution in [0.3, 0.4) is 0 Å². The third kappa shape index (κ3) is 4.98. The summed E-state index contributed by atoms with van der Waals surface area (Å²) in [5.41, 5.74) is 4.58. The third-order valence-corrected chi connectivity index (χ3v) is 8.53. The lowest BCUT2D eigenvalue weighted by molar-refractivity contribution is 0.0735. The van der Waals surface area contributed by atoms with E-state index in [1.54, 1.807) is 10.9 Å². The molecule has 1 saturated heterocycles. The minimum Gasteiger partial charge on any atom is -0.391 e. The largest absolute Gasteiger partial charge is 0.391 e. The number of benzene rings is 2. The van der Waals surface area contributed by atoms with Crippen LogP contribution in [0.2, 0.25) is 0 Å². The molecule has 1 saturated carbocycles. The monoisotopic (exact) mass is 547 g/mol. The van der Waals surface area contributed by atoms with Gasteiger partial charge in [0.05, 0.1) is 48.3 Å². The molecule has 0 radical (unpaired) electrons. The third-order valence-electron chi connectivity index (χ3n) is 8.53. The number of aromatic nitrogens is 4. The van der Waals surface area contributed by atoms with Crippen LogP contribution in [0.5, 0.6) is 0 Å². The molecule has 2 atom stereocenters. The zero-order valence-corrected chi connectivity index (χ0v) is 22.9. The molecule has 3 aromatic heterocycles.